The molecule has 0 fully saturated rings. The number of hydrogen-bond acceptors (Lipinski definition) is 9. The summed E-state index contributed by atoms with van der Waals surface area (Å²) in [5.41, 5.74) is 6.18. The summed E-state index contributed by atoms with van der Waals surface area (Å²) in [5.74, 6) is 1.65. The Hall–Kier alpha value is -6.19. The Morgan fingerprint density at radius 1 is 0.396 bits per heavy atom. The number of halogens is 1. The molecule has 0 aliphatic carbocycles. The predicted octanol–water partition coefficient (Wildman–Crippen LogP) is 8.68. The first-order valence-corrected chi connectivity index (χ1v) is 15.7. The highest BCUT2D eigenvalue weighted by atomic mass is 35.5. The van der Waals surface area contributed by atoms with E-state index in [1.165, 1.54) is 11.1 Å². The Labute approximate surface area is 284 Å². The fraction of sp³-hybridized carbons (Fsp3) is 0.0526. The quantitative estimate of drug-likeness (QED) is 0.183. The zero-order valence-corrected chi connectivity index (χ0v) is 27.0. The highest BCUT2D eigenvalue weighted by Crippen LogP contribution is 2.31. The van der Waals surface area contributed by atoms with Gasteiger partial charge in [-0.2, -0.15) is 30.0 Å². The predicted molar refractivity (Wildman–Crippen MR) is 198 cm³/mol. The van der Waals surface area contributed by atoms with E-state index in [4.69, 9.17) is 31.6 Å². The number of para-hydroxylation sites is 4. The minimum absolute atomic E-state index is 0.0209. The topological polar surface area (TPSA) is 83.9 Å². The Morgan fingerprint density at radius 2 is 0.708 bits per heavy atom. The molecule has 0 radical (unpaired) electrons. The third-order valence-electron chi connectivity index (χ3n) is 7.46. The molecule has 234 valence electrons. The van der Waals surface area contributed by atoms with E-state index in [2.05, 4.69) is 48.1 Å². The van der Waals surface area contributed by atoms with Gasteiger partial charge in [0.2, 0.25) is 35.1 Å². The molecule has 5 aromatic carbocycles. The van der Waals surface area contributed by atoms with Crippen molar-refractivity contribution in [2.45, 2.75) is 13.8 Å². The molecule has 0 unspecified atom stereocenters. The van der Waals surface area contributed by atoms with Gasteiger partial charge in [-0.05, 0) is 74.0 Å². The lowest BCUT2D eigenvalue weighted by Gasteiger charge is -2.34. The smallest absolute Gasteiger partial charge is 0.246 e. The first-order chi connectivity index (χ1) is 23.5. The molecule has 48 heavy (non-hydrogen) atoms. The van der Waals surface area contributed by atoms with Crippen molar-refractivity contribution in [3.05, 3.63) is 157 Å². The lowest BCUT2D eigenvalue weighted by Crippen LogP contribution is -2.50. The average Bonchev–Trinajstić information content (AvgIpc) is 3.12. The van der Waals surface area contributed by atoms with Crippen LogP contribution in [0.2, 0.25) is 0 Å². The van der Waals surface area contributed by atoms with E-state index in [1.54, 1.807) is 4.90 Å². The summed E-state index contributed by atoms with van der Waals surface area (Å²) in [6.07, 6.45) is 0. The standard InChI is InChI=1S/C30H20ClN9.C8H10/c31-25-32-26-34-28(38(21-13-5-1-6-14-21)22-15-7-2-8-16-22)36-30-37-29(35-27(33-25)40(26)30)39(23-17-9-3-10-18-23)24-19-11-4-12-20-24;1-7-3-5-8(2)6-4-7/h1-20H;3-6H,1-2H3. The van der Waals surface area contributed by atoms with Crippen LogP contribution in [0.5, 0.6) is 0 Å². The van der Waals surface area contributed by atoms with Gasteiger partial charge >= 0.3 is 0 Å². The molecule has 0 N–H and O–H groups in total. The maximum Gasteiger partial charge on any atom is 0.246 e. The van der Waals surface area contributed by atoms with Crippen LogP contribution in [0.4, 0.5) is 22.7 Å². The average molecular weight is 648 g/mol. The van der Waals surface area contributed by atoms with Crippen LogP contribution in [0.15, 0.2) is 176 Å². The van der Waals surface area contributed by atoms with Crippen molar-refractivity contribution in [2.24, 2.45) is 30.0 Å². The van der Waals surface area contributed by atoms with Crippen LogP contribution < -0.4 is 9.80 Å². The number of rotatable bonds is 4. The number of aryl methyl sites for hydroxylation is 2. The van der Waals surface area contributed by atoms with E-state index in [-0.39, 0.29) is 17.2 Å². The maximum absolute atomic E-state index is 6.38. The number of nitrogens with zero attached hydrogens (tertiary/aromatic N) is 9. The van der Waals surface area contributed by atoms with E-state index in [0.717, 1.165) is 22.7 Å². The molecule has 0 saturated carbocycles. The highest BCUT2D eigenvalue weighted by Gasteiger charge is 2.37. The van der Waals surface area contributed by atoms with Crippen LogP contribution in [0.3, 0.4) is 0 Å². The normalized spacial score (nSPS) is 14.4. The highest BCUT2D eigenvalue weighted by molar-refractivity contribution is 6.67. The van der Waals surface area contributed by atoms with Crippen molar-refractivity contribution in [1.82, 2.24) is 4.90 Å². The summed E-state index contributed by atoms with van der Waals surface area (Å²) in [4.78, 5) is 33.7. The molecule has 0 bridgehead atoms. The second-order valence-corrected chi connectivity index (χ2v) is 11.3. The molecule has 9 nitrogen and oxygen atoms in total. The first-order valence-electron chi connectivity index (χ1n) is 15.3. The Bertz CT molecular complexity index is 1910. The number of guanidine groups is 5. The van der Waals surface area contributed by atoms with Crippen LogP contribution in [0.1, 0.15) is 11.1 Å². The minimum Gasteiger partial charge on any atom is -0.279 e. The summed E-state index contributed by atoms with van der Waals surface area (Å²) in [7, 11) is 0. The van der Waals surface area contributed by atoms with Gasteiger partial charge in [0.25, 0.3) is 0 Å². The van der Waals surface area contributed by atoms with Crippen molar-refractivity contribution >= 4 is 69.4 Å². The number of amidine groups is 1. The number of aliphatic imine (C=N–C) groups is 6. The summed E-state index contributed by atoms with van der Waals surface area (Å²) in [6, 6.07) is 48.0. The summed E-state index contributed by atoms with van der Waals surface area (Å²) in [6.45, 7) is 4.19. The van der Waals surface area contributed by atoms with Gasteiger partial charge in [-0.15, -0.1) is 0 Å². The number of hydrogen-bond donors (Lipinski definition) is 0. The van der Waals surface area contributed by atoms with Gasteiger partial charge in [0.1, 0.15) is 0 Å². The monoisotopic (exact) mass is 647 g/mol. The fourth-order valence-corrected chi connectivity index (χ4v) is 5.30. The Morgan fingerprint density at radius 3 is 1.06 bits per heavy atom. The van der Waals surface area contributed by atoms with Gasteiger partial charge in [0, 0.05) is 22.7 Å². The van der Waals surface area contributed by atoms with E-state index < -0.39 is 0 Å². The van der Waals surface area contributed by atoms with Gasteiger partial charge in [-0.3, -0.25) is 9.80 Å². The van der Waals surface area contributed by atoms with Crippen LogP contribution in [0.25, 0.3) is 0 Å². The molecule has 0 aromatic heterocycles. The molecule has 3 heterocycles. The second-order valence-electron chi connectivity index (χ2n) is 10.9. The minimum atomic E-state index is 0.0209. The molecule has 0 spiro atoms. The number of benzene rings is 5. The van der Waals surface area contributed by atoms with Crippen LogP contribution in [-0.2, 0) is 0 Å². The van der Waals surface area contributed by atoms with E-state index in [0.29, 0.717) is 17.9 Å². The molecular weight excluding hydrogens is 618 g/mol. The zero-order chi connectivity index (χ0) is 32.9. The fourth-order valence-electron chi connectivity index (χ4n) is 5.15. The zero-order valence-electron chi connectivity index (χ0n) is 26.3. The van der Waals surface area contributed by atoms with E-state index in [1.807, 2.05) is 131 Å². The van der Waals surface area contributed by atoms with Crippen molar-refractivity contribution in [2.75, 3.05) is 9.80 Å². The van der Waals surface area contributed by atoms with Crippen LogP contribution in [0, 0.1) is 13.8 Å². The van der Waals surface area contributed by atoms with Gasteiger partial charge < -0.3 is 0 Å². The van der Waals surface area contributed by atoms with Crippen molar-refractivity contribution in [3.8, 4) is 0 Å². The van der Waals surface area contributed by atoms with Gasteiger partial charge in [-0.1, -0.05) is 108 Å². The van der Waals surface area contributed by atoms with E-state index >= 15 is 0 Å². The van der Waals surface area contributed by atoms with Crippen molar-refractivity contribution in [1.29, 1.82) is 0 Å². The molecule has 0 saturated heterocycles. The largest absolute Gasteiger partial charge is 0.279 e. The van der Waals surface area contributed by atoms with Crippen molar-refractivity contribution < 1.29 is 0 Å². The van der Waals surface area contributed by atoms with Gasteiger partial charge in [0.15, 0.2) is 0 Å². The molecule has 5 aromatic rings. The van der Waals surface area contributed by atoms with Gasteiger partial charge in [-0.25, -0.2) is 4.90 Å². The lowest BCUT2D eigenvalue weighted by molar-refractivity contribution is 0.825. The van der Waals surface area contributed by atoms with Crippen LogP contribution in [-0.4, -0.2) is 40.0 Å². The Balaban J connectivity index is 0.000000402. The second kappa shape index (κ2) is 13.7. The molecular formula is C38H30ClN9. The summed E-state index contributed by atoms with van der Waals surface area (Å²) in [5, 5.41) is 0.0209. The van der Waals surface area contributed by atoms with Gasteiger partial charge in [0.05, 0.1) is 0 Å². The lowest BCUT2D eigenvalue weighted by atomic mass is 10.2. The molecule has 8 rings (SSSR count). The molecule has 0 atom stereocenters. The first kappa shape index (κ1) is 30.5. The number of anilines is 4. The van der Waals surface area contributed by atoms with Crippen molar-refractivity contribution in [3.63, 3.8) is 0 Å². The summed E-state index contributed by atoms with van der Waals surface area (Å²) < 4.78 is 0. The third kappa shape index (κ3) is 6.53. The van der Waals surface area contributed by atoms with Crippen LogP contribution >= 0.6 is 11.6 Å². The summed E-state index contributed by atoms with van der Waals surface area (Å²) >= 11 is 6.38. The van der Waals surface area contributed by atoms with E-state index in [9.17, 15) is 0 Å². The molecule has 3 aliphatic rings. The Kier molecular flexibility index (Phi) is 8.67. The molecule has 0 amide bonds. The molecule has 10 heteroatoms. The SMILES string of the molecule is Cc1ccc(C)cc1.ClC1=NC2=NC(N(c3ccccc3)c3ccccc3)=NC3=NC(N(c4ccccc4)c4ccccc4)=NC(=N1)N23. The molecule has 3 aliphatic heterocycles. The third-order valence-corrected chi connectivity index (χ3v) is 7.63. The maximum atomic E-state index is 6.38.